The Labute approximate surface area is 105 Å². The third kappa shape index (κ3) is 3.67. The minimum Gasteiger partial charge on any atom is -0.394 e. The van der Waals surface area contributed by atoms with E-state index in [-0.39, 0.29) is 5.54 Å². The van der Waals surface area contributed by atoms with Gasteiger partial charge in [-0.05, 0) is 70.0 Å². The fourth-order valence-corrected chi connectivity index (χ4v) is 3.16. The van der Waals surface area contributed by atoms with Crippen LogP contribution in [-0.4, -0.2) is 36.9 Å². The lowest BCUT2D eigenvalue weighted by Gasteiger charge is -2.40. The van der Waals surface area contributed by atoms with Crippen molar-refractivity contribution in [3.8, 4) is 0 Å². The first kappa shape index (κ1) is 13.3. The van der Waals surface area contributed by atoms with Crippen molar-refractivity contribution in [3.63, 3.8) is 0 Å². The van der Waals surface area contributed by atoms with Crippen LogP contribution in [0.15, 0.2) is 0 Å². The summed E-state index contributed by atoms with van der Waals surface area (Å²) in [4.78, 5) is 0. The van der Waals surface area contributed by atoms with Gasteiger partial charge < -0.3 is 15.7 Å². The minimum atomic E-state index is 0.0317. The zero-order valence-corrected chi connectivity index (χ0v) is 11.2. The van der Waals surface area contributed by atoms with Gasteiger partial charge in [0.05, 0.1) is 6.61 Å². The minimum absolute atomic E-state index is 0.0317. The molecule has 1 aliphatic heterocycles. The molecule has 3 heteroatoms. The van der Waals surface area contributed by atoms with E-state index < -0.39 is 0 Å². The fourth-order valence-electron chi connectivity index (χ4n) is 3.16. The first-order valence-corrected chi connectivity index (χ1v) is 7.31. The second kappa shape index (κ2) is 6.17. The van der Waals surface area contributed by atoms with Crippen molar-refractivity contribution < 1.29 is 5.11 Å². The van der Waals surface area contributed by atoms with Crippen LogP contribution in [0.4, 0.5) is 0 Å². The summed E-state index contributed by atoms with van der Waals surface area (Å²) in [5, 5.41) is 16.8. The molecule has 3 nitrogen and oxygen atoms in total. The van der Waals surface area contributed by atoms with E-state index in [0.29, 0.717) is 6.61 Å². The summed E-state index contributed by atoms with van der Waals surface area (Å²) >= 11 is 0. The Morgan fingerprint density at radius 3 is 2.65 bits per heavy atom. The fraction of sp³-hybridized carbons (Fsp3) is 1.00. The Bertz CT molecular complexity index is 218. The van der Waals surface area contributed by atoms with Crippen LogP contribution in [0, 0.1) is 11.8 Å². The summed E-state index contributed by atoms with van der Waals surface area (Å²) in [5.41, 5.74) is 0.0317. The van der Waals surface area contributed by atoms with E-state index in [1.165, 1.54) is 32.2 Å². The number of hydrogen-bond donors (Lipinski definition) is 3. The first-order valence-electron chi connectivity index (χ1n) is 7.31. The van der Waals surface area contributed by atoms with Crippen LogP contribution in [-0.2, 0) is 0 Å². The Hall–Kier alpha value is -0.120. The van der Waals surface area contributed by atoms with Gasteiger partial charge >= 0.3 is 0 Å². The highest BCUT2D eigenvalue weighted by Crippen LogP contribution is 2.31. The van der Waals surface area contributed by atoms with Gasteiger partial charge in [0.1, 0.15) is 0 Å². The van der Waals surface area contributed by atoms with Gasteiger partial charge in [0.25, 0.3) is 0 Å². The largest absolute Gasteiger partial charge is 0.394 e. The summed E-state index contributed by atoms with van der Waals surface area (Å²) in [6.45, 7) is 6.03. The number of aliphatic hydroxyl groups is 1. The van der Waals surface area contributed by atoms with Gasteiger partial charge in [0.2, 0.25) is 0 Å². The van der Waals surface area contributed by atoms with Crippen molar-refractivity contribution in [1.29, 1.82) is 0 Å². The summed E-state index contributed by atoms with van der Waals surface area (Å²) in [7, 11) is 0. The van der Waals surface area contributed by atoms with Crippen LogP contribution < -0.4 is 10.6 Å². The molecular weight excluding hydrogens is 212 g/mol. The lowest BCUT2D eigenvalue weighted by molar-refractivity contribution is 0.0996. The van der Waals surface area contributed by atoms with Crippen LogP contribution in [0.2, 0.25) is 0 Å². The third-order valence-corrected chi connectivity index (χ3v) is 4.70. The standard InChI is InChI=1S/C14H28N2O/c1-12-4-6-14(11-17,7-5-12)16-10-13-3-2-8-15-9-13/h12-13,15-17H,2-11H2,1H3. The van der Waals surface area contributed by atoms with Crippen LogP contribution in [0.25, 0.3) is 0 Å². The van der Waals surface area contributed by atoms with Crippen molar-refractivity contribution in [3.05, 3.63) is 0 Å². The zero-order valence-electron chi connectivity index (χ0n) is 11.2. The Balaban J connectivity index is 1.78. The van der Waals surface area contributed by atoms with E-state index in [9.17, 15) is 5.11 Å². The number of piperidine rings is 1. The highest BCUT2D eigenvalue weighted by Gasteiger charge is 2.33. The third-order valence-electron chi connectivity index (χ3n) is 4.70. The zero-order chi connectivity index (χ0) is 12.1. The van der Waals surface area contributed by atoms with Crippen molar-refractivity contribution in [2.75, 3.05) is 26.2 Å². The van der Waals surface area contributed by atoms with Crippen molar-refractivity contribution >= 4 is 0 Å². The molecule has 1 unspecified atom stereocenters. The van der Waals surface area contributed by atoms with Crippen LogP contribution in [0.1, 0.15) is 45.4 Å². The molecule has 17 heavy (non-hydrogen) atoms. The van der Waals surface area contributed by atoms with E-state index in [1.807, 2.05) is 0 Å². The van der Waals surface area contributed by atoms with E-state index in [2.05, 4.69) is 17.6 Å². The van der Waals surface area contributed by atoms with E-state index in [0.717, 1.165) is 37.8 Å². The average molecular weight is 240 g/mol. The molecule has 1 aliphatic carbocycles. The topological polar surface area (TPSA) is 44.3 Å². The Kier molecular flexibility index (Phi) is 4.83. The molecule has 1 saturated carbocycles. The molecule has 2 aliphatic rings. The Morgan fingerprint density at radius 2 is 2.06 bits per heavy atom. The van der Waals surface area contributed by atoms with E-state index >= 15 is 0 Å². The quantitative estimate of drug-likeness (QED) is 0.698. The maximum atomic E-state index is 9.68. The predicted octanol–water partition coefficient (Wildman–Crippen LogP) is 1.52. The molecule has 1 saturated heterocycles. The molecule has 0 spiro atoms. The molecule has 0 bridgehead atoms. The van der Waals surface area contributed by atoms with Crippen LogP contribution >= 0.6 is 0 Å². The molecule has 0 amide bonds. The molecule has 0 aromatic carbocycles. The van der Waals surface area contributed by atoms with Gasteiger partial charge in [-0.1, -0.05) is 6.92 Å². The predicted molar refractivity (Wildman–Crippen MR) is 71.0 cm³/mol. The highest BCUT2D eigenvalue weighted by molar-refractivity contribution is 4.92. The number of rotatable bonds is 4. The molecule has 1 heterocycles. The average Bonchev–Trinajstić information content (AvgIpc) is 2.40. The van der Waals surface area contributed by atoms with E-state index in [1.54, 1.807) is 0 Å². The van der Waals surface area contributed by atoms with E-state index in [4.69, 9.17) is 0 Å². The van der Waals surface area contributed by atoms with Crippen molar-refractivity contribution in [1.82, 2.24) is 10.6 Å². The SMILES string of the molecule is CC1CCC(CO)(NCC2CCCNC2)CC1. The molecule has 0 radical (unpaired) electrons. The van der Waals surface area contributed by atoms with Gasteiger partial charge in [0.15, 0.2) is 0 Å². The lowest BCUT2D eigenvalue weighted by atomic mass is 9.77. The summed E-state index contributed by atoms with van der Waals surface area (Å²) < 4.78 is 0. The maximum absolute atomic E-state index is 9.68. The van der Waals surface area contributed by atoms with Gasteiger partial charge in [-0.3, -0.25) is 0 Å². The van der Waals surface area contributed by atoms with Crippen LogP contribution in [0.5, 0.6) is 0 Å². The molecule has 1 atom stereocenters. The smallest absolute Gasteiger partial charge is 0.0613 e. The monoisotopic (exact) mass is 240 g/mol. The number of nitrogens with one attached hydrogen (secondary N) is 2. The van der Waals surface area contributed by atoms with Crippen molar-refractivity contribution in [2.45, 2.75) is 51.0 Å². The molecule has 2 fully saturated rings. The molecule has 0 aromatic rings. The number of aliphatic hydroxyl groups excluding tert-OH is 1. The maximum Gasteiger partial charge on any atom is 0.0613 e. The molecular formula is C14H28N2O. The lowest BCUT2D eigenvalue weighted by Crippen LogP contribution is -2.53. The summed E-state index contributed by atoms with van der Waals surface area (Å²) in [6, 6.07) is 0. The van der Waals surface area contributed by atoms with Gasteiger partial charge in [0, 0.05) is 5.54 Å². The van der Waals surface area contributed by atoms with Gasteiger partial charge in [-0.15, -0.1) is 0 Å². The molecule has 3 N–H and O–H groups in total. The number of hydrogen-bond acceptors (Lipinski definition) is 3. The van der Waals surface area contributed by atoms with Crippen LogP contribution in [0.3, 0.4) is 0 Å². The van der Waals surface area contributed by atoms with Gasteiger partial charge in [-0.25, -0.2) is 0 Å². The summed E-state index contributed by atoms with van der Waals surface area (Å²) in [5.74, 6) is 1.60. The molecule has 0 aromatic heterocycles. The summed E-state index contributed by atoms with van der Waals surface area (Å²) in [6.07, 6.45) is 7.44. The molecule has 2 rings (SSSR count). The van der Waals surface area contributed by atoms with Crippen molar-refractivity contribution in [2.24, 2.45) is 11.8 Å². The highest BCUT2D eigenvalue weighted by atomic mass is 16.3. The second-order valence-electron chi connectivity index (χ2n) is 6.21. The van der Waals surface area contributed by atoms with Gasteiger partial charge in [-0.2, -0.15) is 0 Å². The Morgan fingerprint density at radius 1 is 1.29 bits per heavy atom. The molecule has 100 valence electrons. The first-order chi connectivity index (χ1) is 8.24. The normalized spacial score (nSPS) is 39.2. The second-order valence-corrected chi connectivity index (χ2v) is 6.21.